The third kappa shape index (κ3) is 5.83. The van der Waals surface area contributed by atoms with E-state index in [9.17, 15) is 9.59 Å². The Kier molecular flexibility index (Phi) is 10.6. The first-order valence-electron chi connectivity index (χ1n) is 19.5. The molecule has 5 saturated carbocycles. The van der Waals surface area contributed by atoms with Gasteiger partial charge < -0.3 is 15.8 Å². The minimum Gasteiger partial charge on any atom is -0.462 e. The summed E-state index contributed by atoms with van der Waals surface area (Å²) in [5.74, 6) is 2.88. The number of allylic oxidation sites excluding steroid dienone is 1. The monoisotopic (exact) mass is 639 g/mol. The molecule has 5 rings (SSSR count). The van der Waals surface area contributed by atoms with Crippen LogP contribution in [0.15, 0.2) is 12.2 Å². The molecule has 262 valence electrons. The molecule has 5 nitrogen and oxygen atoms in total. The van der Waals surface area contributed by atoms with Crippen molar-refractivity contribution in [3.8, 4) is 0 Å². The van der Waals surface area contributed by atoms with Gasteiger partial charge in [-0.25, -0.2) is 0 Å². The third-order valence-corrected chi connectivity index (χ3v) is 15.9. The summed E-state index contributed by atoms with van der Waals surface area (Å²) in [5, 5.41) is 3.51. The molecule has 0 spiro atoms. The van der Waals surface area contributed by atoms with E-state index in [4.69, 9.17) is 10.5 Å². The van der Waals surface area contributed by atoms with Crippen LogP contribution in [0.3, 0.4) is 0 Å². The molecule has 0 unspecified atom stereocenters. The van der Waals surface area contributed by atoms with Gasteiger partial charge in [-0.2, -0.15) is 0 Å². The topological polar surface area (TPSA) is 81.4 Å². The fraction of sp³-hybridized carbons (Fsp3) is 0.902. The van der Waals surface area contributed by atoms with Crippen LogP contribution < -0.4 is 11.1 Å². The van der Waals surface area contributed by atoms with Gasteiger partial charge in [-0.15, -0.1) is 0 Å². The predicted octanol–water partition coefficient (Wildman–Crippen LogP) is 9.38. The molecule has 5 fully saturated rings. The van der Waals surface area contributed by atoms with Crippen LogP contribution in [0.5, 0.6) is 0 Å². The maximum atomic E-state index is 14.3. The number of hydrogen-bond donors (Lipinski definition) is 2. The molecule has 5 aliphatic rings. The SMILES string of the molecule is C=C(C)[C@@H]1CC[C@]2(C(=O)NCCCCCCCCCN)CC[C@]3(C)[C@H](CC[C@@H]4[C@@]5(C)CC[C@H](OC(C)=O)C(C)(C)[C@@H]5CC[C@]43C)[C@@H]12. The highest BCUT2D eigenvalue weighted by Crippen LogP contribution is 2.77. The van der Waals surface area contributed by atoms with Gasteiger partial charge in [0.2, 0.25) is 5.91 Å². The number of nitrogens with one attached hydrogen (secondary N) is 1. The lowest BCUT2D eigenvalue weighted by Gasteiger charge is -2.72. The number of rotatable bonds is 12. The fourth-order valence-electron chi connectivity index (χ4n) is 13.5. The molecular formula is C41H70N2O3. The Balaban J connectivity index is 1.33. The van der Waals surface area contributed by atoms with E-state index in [-0.39, 0.29) is 39.1 Å². The van der Waals surface area contributed by atoms with E-state index in [0.717, 1.165) is 58.0 Å². The maximum absolute atomic E-state index is 14.3. The van der Waals surface area contributed by atoms with Gasteiger partial charge in [0.1, 0.15) is 6.10 Å². The van der Waals surface area contributed by atoms with E-state index < -0.39 is 0 Å². The number of carbonyl (C=O) groups is 2. The molecule has 0 radical (unpaired) electrons. The lowest BCUT2D eigenvalue weighted by molar-refractivity contribution is -0.248. The zero-order valence-corrected chi connectivity index (χ0v) is 30.9. The average Bonchev–Trinajstić information content (AvgIpc) is 3.39. The van der Waals surface area contributed by atoms with E-state index in [1.165, 1.54) is 69.8 Å². The molecule has 0 bridgehead atoms. The first-order chi connectivity index (χ1) is 21.7. The van der Waals surface area contributed by atoms with E-state index >= 15 is 0 Å². The Hall–Kier alpha value is -1.36. The molecule has 5 heteroatoms. The molecule has 46 heavy (non-hydrogen) atoms. The van der Waals surface area contributed by atoms with Crippen LogP contribution in [0.2, 0.25) is 0 Å². The molecule has 0 saturated heterocycles. The largest absolute Gasteiger partial charge is 0.462 e. The Morgan fingerprint density at radius 3 is 2.09 bits per heavy atom. The van der Waals surface area contributed by atoms with Crippen molar-refractivity contribution in [1.29, 1.82) is 0 Å². The van der Waals surface area contributed by atoms with Crippen LogP contribution in [0.1, 0.15) is 158 Å². The van der Waals surface area contributed by atoms with Crippen molar-refractivity contribution in [3.05, 3.63) is 12.2 Å². The number of unbranched alkanes of at least 4 members (excludes halogenated alkanes) is 6. The number of amides is 1. The summed E-state index contributed by atoms with van der Waals surface area (Å²) in [6, 6.07) is 0. The van der Waals surface area contributed by atoms with Crippen LogP contribution in [0, 0.1) is 56.7 Å². The van der Waals surface area contributed by atoms with Crippen LogP contribution in [-0.2, 0) is 14.3 Å². The van der Waals surface area contributed by atoms with Crippen molar-refractivity contribution in [2.75, 3.05) is 13.1 Å². The zero-order chi connectivity index (χ0) is 33.5. The predicted molar refractivity (Wildman–Crippen MR) is 189 cm³/mol. The molecule has 10 atom stereocenters. The van der Waals surface area contributed by atoms with Gasteiger partial charge in [-0.05, 0) is 136 Å². The third-order valence-electron chi connectivity index (χ3n) is 15.9. The molecule has 0 aromatic carbocycles. The molecule has 0 aromatic rings. The normalized spacial score (nSPS) is 42.6. The highest BCUT2D eigenvalue weighted by atomic mass is 16.5. The summed E-state index contributed by atoms with van der Waals surface area (Å²) >= 11 is 0. The summed E-state index contributed by atoms with van der Waals surface area (Å²) in [5.41, 5.74) is 7.41. The number of carbonyl (C=O) groups excluding carboxylic acids is 2. The van der Waals surface area contributed by atoms with E-state index in [2.05, 4.69) is 53.4 Å². The highest BCUT2D eigenvalue weighted by molar-refractivity contribution is 5.83. The van der Waals surface area contributed by atoms with E-state index in [1.807, 2.05) is 0 Å². The summed E-state index contributed by atoms with van der Waals surface area (Å²) in [7, 11) is 0. The molecule has 3 N–H and O–H groups in total. The Labute approximate surface area is 282 Å². The summed E-state index contributed by atoms with van der Waals surface area (Å²) in [6.45, 7) is 22.7. The van der Waals surface area contributed by atoms with Crippen molar-refractivity contribution in [3.63, 3.8) is 0 Å². The standard InChI is InChI=1S/C41H70N2O3/c1-28(2)30-18-23-41(36(45)43-27-15-13-11-9-10-12-14-26-42)25-24-39(7)31(35(30)41)16-17-33-38(6)21-20-34(46-29(3)44)37(4,5)32(38)19-22-40(33,39)8/h30-35H,1,9-27,42H2,2-8H3,(H,43,45)/t30-,31+,32-,33+,34-,35+,38-,39+,40+,41-/m0/s1. The molecule has 0 aliphatic heterocycles. The summed E-state index contributed by atoms with van der Waals surface area (Å²) in [4.78, 5) is 26.4. The lowest BCUT2D eigenvalue weighted by Crippen LogP contribution is -2.67. The number of hydrogen-bond acceptors (Lipinski definition) is 4. The Morgan fingerprint density at radius 2 is 1.43 bits per heavy atom. The molecule has 0 aromatic heterocycles. The van der Waals surface area contributed by atoms with Crippen molar-refractivity contribution < 1.29 is 14.3 Å². The van der Waals surface area contributed by atoms with Crippen molar-refractivity contribution in [2.45, 2.75) is 164 Å². The van der Waals surface area contributed by atoms with Gasteiger partial charge in [-0.1, -0.05) is 78.9 Å². The highest BCUT2D eigenvalue weighted by Gasteiger charge is 2.72. The van der Waals surface area contributed by atoms with Gasteiger partial charge in [0, 0.05) is 18.9 Å². The second-order valence-electron chi connectivity index (χ2n) is 18.3. The van der Waals surface area contributed by atoms with Gasteiger partial charge >= 0.3 is 5.97 Å². The van der Waals surface area contributed by atoms with Crippen LogP contribution in [-0.4, -0.2) is 31.1 Å². The number of nitrogens with two attached hydrogens (primary N) is 1. The Morgan fingerprint density at radius 1 is 0.761 bits per heavy atom. The molecule has 1 amide bonds. The van der Waals surface area contributed by atoms with Crippen molar-refractivity contribution in [2.24, 2.45) is 62.4 Å². The minimum absolute atomic E-state index is 0.0153. The first-order valence-corrected chi connectivity index (χ1v) is 19.5. The van der Waals surface area contributed by atoms with Gasteiger partial charge in [0.15, 0.2) is 0 Å². The van der Waals surface area contributed by atoms with E-state index in [0.29, 0.717) is 35.5 Å². The quantitative estimate of drug-likeness (QED) is 0.127. The number of esters is 1. The minimum atomic E-state index is -0.232. The van der Waals surface area contributed by atoms with Gasteiger partial charge in [0.05, 0.1) is 5.41 Å². The summed E-state index contributed by atoms with van der Waals surface area (Å²) in [6.07, 6.45) is 19.9. The van der Waals surface area contributed by atoms with Gasteiger partial charge in [0.25, 0.3) is 0 Å². The zero-order valence-electron chi connectivity index (χ0n) is 30.9. The summed E-state index contributed by atoms with van der Waals surface area (Å²) < 4.78 is 5.96. The fourth-order valence-corrected chi connectivity index (χ4v) is 13.5. The van der Waals surface area contributed by atoms with Gasteiger partial charge in [-0.3, -0.25) is 9.59 Å². The Bertz CT molecular complexity index is 1130. The second-order valence-corrected chi connectivity index (χ2v) is 18.3. The molecule has 5 aliphatic carbocycles. The average molecular weight is 639 g/mol. The number of fused-ring (bicyclic) bond motifs is 7. The lowest BCUT2D eigenvalue weighted by atomic mass is 9.32. The van der Waals surface area contributed by atoms with Crippen molar-refractivity contribution in [1.82, 2.24) is 5.32 Å². The van der Waals surface area contributed by atoms with Crippen molar-refractivity contribution >= 4 is 11.9 Å². The van der Waals surface area contributed by atoms with Crippen LogP contribution >= 0.6 is 0 Å². The maximum Gasteiger partial charge on any atom is 0.302 e. The molecular weight excluding hydrogens is 568 g/mol. The van der Waals surface area contributed by atoms with E-state index in [1.54, 1.807) is 6.92 Å². The smallest absolute Gasteiger partial charge is 0.302 e. The van der Waals surface area contributed by atoms with Crippen LogP contribution in [0.4, 0.5) is 0 Å². The second kappa shape index (κ2) is 13.5. The molecule has 0 heterocycles. The van der Waals surface area contributed by atoms with Crippen LogP contribution in [0.25, 0.3) is 0 Å². The first kappa shape index (κ1) is 35.9. The number of ether oxygens (including phenoxy) is 1.